The molecule has 0 aliphatic carbocycles. The van der Waals surface area contributed by atoms with Gasteiger partial charge in [-0.25, -0.2) is 17.8 Å². The number of aryl methyl sites for hydroxylation is 1. The summed E-state index contributed by atoms with van der Waals surface area (Å²) in [7, 11) is -3.17. The molecule has 1 amide bonds. The first-order valence-electron chi connectivity index (χ1n) is 9.31. The van der Waals surface area contributed by atoms with E-state index in [-0.39, 0.29) is 29.3 Å². The monoisotopic (exact) mass is 423 g/mol. The fourth-order valence-corrected chi connectivity index (χ4v) is 6.88. The minimum atomic E-state index is -3.17. The molecular weight excluding hydrogens is 401 g/mol. The number of aromatic nitrogens is 1. The Kier molecular flexibility index (Phi) is 5.24. The third-order valence-electron chi connectivity index (χ3n) is 5.34. The van der Waals surface area contributed by atoms with E-state index in [1.54, 1.807) is 19.1 Å². The summed E-state index contributed by atoms with van der Waals surface area (Å²) in [6, 6.07) is 5.39. The number of hydrogen-bond acceptors (Lipinski definition) is 6. The van der Waals surface area contributed by atoms with Gasteiger partial charge in [0.2, 0.25) is 0 Å². The maximum atomic E-state index is 13.1. The Balaban J connectivity index is 1.53. The number of benzene rings is 1. The zero-order valence-corrected chi connectivity index (χ0v) is 17.2. The van der Waals surface area contributed by atoms with E-state index in [9.17, 15) is 17.6 Å². The summed E-state index contributed by atoms with van der Waals surface area (Å²) in [5, 5.41) is 3.58. The molecule has 2 unspecified atom stereocenters. The minimum absolute atomic E-state index is 0.0252. The SMILES string of the molecule is Cc1nc(-c2ccc(F)cc2)sc1C(=O)NC1CS(=O)(=O)CC1N1CCCC1. The van der Waals surface area contributed by atoms with Crippen LogP contribution in [0.2, 0.25) is 0 Å². The van der Waals surface area contributed by atoms with Gasteiger partial charge in [-0.3, -0.25) is 9.69 Å². The molecule has 2 saturated heterocycles. The largest absolute Gasteiger partial charge is 0.346 e. The molecule has 0 bridgehead atoms. The second kappa shape index (κ2) is 7.53. The Hall–Kier alpha value is -1.84. The number of nitrogens with zero attached hydrogens (tertiary/aromatic N) is 2. The fourth-order valence-electron chi connectivity index (χ4n) is 3.96. The Morgan fingerprint density at radius 3 is 2.57 bits per heavy atom. The van der Waals surface area contributed by atoms with E-state index < -0.39 is 15.9 Å². The number of carbonyl (C=O) groups is 1. The number of carbonyl (C=O) groups excluding carboxylic acids is 1. The third kappa shape index (κ3) is 3.97. The molecule has 6 nitrogen and oxygen atoms in total. The molecule has 1 N–H and O–H groups in total. The van der Waals surface area contributed by atoms with E-state index >= 15 is 0 Å². The van der Waals surface area contributed by atoms with Gasteiger partial charge in [-0.2, -0.15) is 0 Å². The van der Waals surface area contributed by atoms with Crippen molar-refractivity contribution in [2.75, 3.05) is 24.6 Å². The van der Waals surface area contributed by atoms with Crippen LogP contribution in [0.3, 0.4) is 0 Å². The summed E-state index contributed by atoms with van der Waals surface area (Å²) in [4.78, 5) is 20.0. The highest BCUT2D eigenvalue weighted by Gasteiger charge is 2.42. The first-order valence-corrected chi connectivity index (χ1v) is 11.9. The van der Waals surface area contributed by atoms with Crippen LogP contribution in [0.15, 0.2) is 24.3 Å². The molecule has 150 valence electrons. The lowest BCUT2D eigenvalue weighted by molar-refractivity contribution is 0.0922. The summed E-state index contributed by atoms with van der Waals surface area (Å²) in [5.41, 5.74) is 1.33. The Morgan fingerprint density at radius 1 is 1.21 bits per heavy atom. The molecule has 2 aliphatic heterocycles. The predicted molar refractivity (Wildman–Crippen MR) is 107 cm³/mol. The number of likely N-dealkylation sites (tertiary alicyclic amines) is 1. The van der Waals surface area contributed by atoms with Crippen LogP contribution in [0, 0.1) is 12.7 Å². The van der Waals surface area contributed by atoms with Crippen molar-refractivity contribution >= 4 is 27.1 Å². The smallest absolute Gasteiger partial charge is 0.263 e. The number of nitrogens with one attached hydrogen (secondary N) is 1. The minimum Gasteiger partial charge on any atom is -0.346 e. The van der Waals surface area contributed by atoms with Crippen LogP contribution < -0.4 is 5.32 Å². The average molecular weight is 424 g/mol. The van der Waals surface area contributed by atoms with Gasteiger partial charge in [-0.15, -0.1) is 11.3 Å². The van der Waals surface area contributed by atoms with E-state index in [4.69, 9.17) is 0 Å². The summed E-state index contributed by atoms with van der Waals surface area (Å²) in [6.07, 6.45) is 2.12. The number of thiazole rings is 1. The molecule has 3 heterocycles. The summed E-state index contributed by atoms with van der Waals surface area (Å²) in [6.45, 7) is 3.50. The number of amides is 1. The van der Waals surface area contributed by atoms with E-state index in [1.165, 1.54) is 23.5 Å². The standard InChI is InChI=1S/C19H22FN3O3S2/c1-12-17(27-19(21-12)13-4-6-14(20)7-5-13)18(24)22-15-10-28(25,26)11-16(15)23-8-2-3-9-23/h4-7,15-16H,2-3,8-11H2,1H3,(H,22,24). The first kappa shape index (κ1) is 19.5. The van der Waals surface area contributed by atoms with Gasteiger partial charge >= 0.3 is 0 Å². The quantitative estimate of drug-likeness (QED) is 0.816. The van der Waals surface area contributed by atoms with E-state index in [2.05, 4.69) is 15.2 Å². The van der Waals surface area contributed by atoms with Crippen molar-refractivity contribution in [2.24, 2.45) is 0 Å². The van der Waals surface area contributed by atoms with Gasteiger partial charge in [0.05, 0.1) is 23.2 Å². The molecule has 2 atom stereocenters. The van der Waals surface area contributed by atoms with Gasteiger partial charge in [0.25, 0.3) is 5.91 Å². The highest BCUT2D eigenvalue weighted by Crippen LogP contribution is 2.29. The topological polar surface area (TPSA) is 79.4 Å². The number of rotatable bonds is 4. The number of hydrogen-bond donors (Lipinski definition) is 1. The van der Waals surface area contributed by atoms with Crippen LogP contribution in [0.1, 0.15) is 28.2 Å². The van der Waals surface area contributed by atoms with Gasteiger partial charge in [-0.1, -0.05) is 0 Å². The molecule has 0 radical (unpaired) electrons. The molecule has 28 heavy (non-hydrogen) atoms. The van der Waals surface area contributed by atoms with Crippen LogP contribution in [0.25, 0.3) is 10.6 Å². The predicted octanol–water partition coefficient (Wildman–Crippen LogP) is 2.25. The van der Waals surface area contributed by atoms with Gasteiger partial charge in [0.15, 0.2) is 9.84 Å². The second-order valence-electron chi connectivity index (χ2n) is 7.41. The summed E-state index contributed by atoms with van der Waals surface area (Å²) in [5.74, 6) is -0.553. The van der Waals surface area contributed by atoms with Crippen LogP contribution in [0.4, 0.5) is 4.39 Å². The normalized spacial score (nSPS) is 24.5. The van der Waals surface area contributed by atoms with Crippen LogP contribution in [-0.4, -0.2) is 60.9 Å². The fraction of sp³-hybridized carbons (Fsp3) is 0.474. The van der Waals surface area contributed by atoms with Crippen molar-refractivity contribution in [3.63, 3.8) is 0 Å². The van der Waals surface area contributed by atoms with Gasteiger partial charge in [0, 0.05) is 11.6 Å². The third-order valence-corrected chi connectivity index (χ3v) is 8.26. The van der Waals surface area contributed by atoms with E-state index in [0.717, 1.165) is 31.5 Å². The van der Waals surface area contributed by atoms with Gasteiger partial charge in [-0.05, 0) is 57.1 Å². The van der Waals surface area contributed by atoms with Crippen molar-refractivity contribution in [3.05, 3.63) is 40.7 Å². The lowest BCUT2D eigenvalue weighted by Crippen LogP contribution is -2.50. The number of halogens is 1. The number of sulfone groups is 1. The zero-order chi connectivity index (χ0) is 19.9. The molecule has 2 aromatic rings. The average Bonchev–Trinajstić information content (AvgIpc) is 3.34. The van der Waals surface area contributed by atoms with Crippen molar-refractivity contribution in [1.82, 2.24) is 15.2 Å². The van der Waals surface area contributed by atoms with Crippen molar-refractivity contribution in [2.45, 2.75) is 31.8 Å². The maximum Gasteiger partial charge on any atom is 0.263 e. The Morgan fingerprint density at radius 2 is 1.89 bits per heavy atom. The molecule has 0 saturated carbocycles. The van der Waals surface area contributed by atoms with Crippen molar-refractivity contribution in [1.29, 1.82) is 0 Å². The van der Waals surface area contributed by atoms with Crippen molar-refractivity contribution < 1.29 is 17.6 Å². The molecule has 2 aliphatic rings. The highest BCUT2D eigenvalue weighted by molar-refractivity contribution is 7.91. The zero-order valence-electron chi connectivity index (χ0n) is 15.5. The van der Waals surface area contributed by atoms with Crippen molar-refractivity contribution in [3.8, 4) is 10.6 Å². The van der Waals surface area contributed by atoms with Gasteiger partial charge < -0.3 is 5.32 Å². The van der Waals surface area contributed by atoms with Crippen LogP contribution in [-0.2, 0) is 9.84 Å². The second-order valence-corrected chi connectivity index (χ2v) is 10.6. The van der Waals surface area contributed by atoms with Crippen LogP contribution in [0.5, 0.6) is 0 Å². The van der Waals surface area contributed by atoms with Crippen LogP contribution >= 0.6 is 11.3 Å². The molecule has 1 aromatic carbocycles. The Bertz CT molecular complexity index is 982. The summed E-state index contributed by atoms with van der Waals surface area (Å²) < 4.78 is 37.5. The molecular formula is C19H22FN3O3S2. The van der Waals surface area contributed by atoms with E-state index in [1.807, 2.05) is 0 Å². The Labute approximate surface area is 167 Å². The molecule has 0 spiro atoms. The molecule has 1 aromatic heterocycles. The molecule has 9 heteroatoms. The van der Waals surface area contributed by atoms with Gasteiger partial charge in [0.1, 0.15) is 15.7 Å². The lowest BCUT2D eigenvalue weighted by Gasteiger charge is -2.28. The first-order chi connectivity index (χ1) is 13.3. The summed E-state index contributed by atoms with van der Waals surface area (Å²) >= 11 is 1.23. The molecule has 4 rings (SSSR count). The molecule has 2 fully saturated rings. The maximum absolute atomic E-state index is 13.1. The highest BCUT2D eigenvalue weighted by atomic mass is 32.2. The lowest BCUT2D eigenvalue weighted by atomic mass is 10.1. The van der Waals surface area contributed by atoms with E-state index in [0.29, 0.717) is 15.6 Å².